The molecule has 29 heavy (non-hydrogen) atoms. The maximum atomic E-state index is 11.6. The van der Waals surface area contributed by atoms with Gasteiger partial charge in [-0.3, -0.25) is 9.59 Å². The summed E-state index contributed by atoms with van der Waals surface area (Å²) in [5.41, 5.74) is 0. The summed E-state index contributed by atoms with van der Waals surface area (Å²) in [5, 5.41) is 9.62. The third kappa shape index (κ3) is 7.88. The summed E-state index contributed by atoms with van der Waals surface area (Å²) >= 11 is 0. The number of methoxy groups -OCH3 is 1. The van der Waals surface area contributed by atoms with Crippen LogP contribution in [-0.4, -0.2) is 61.7 Å². The highest BCUT2D eigenvalue weighted by Crippen LogP contribution is 2.28. The second kappa shape index (κ2) is 11.0. The van der Waals surface area contributed by atoms with E-state index in [1.165, 1.54) is 20.8 Å². The quantitative estimate of drug-likeness (QED) is 0.505. The van der Waals surface area contributed by atoms with Gasteiger partial charge in [-0.15, -0.1) is 0 Å². The summed E-state index contributed by atoms with van der Waals surface area (Å²) in [6, 6.07) is 6.84. The van der Waals surface area contributed by atoms with E-state index in [1.54, 1.807) is 31.4 Å². The monoisotopic (exact) mass is 412 g/mol. The van der Waals surface area contributed by atoms with Crippen molar-refractivity contribution in [2.75, 3.05) is 13.7 Å². The number of benzene rings is 1. The van der Waals surface area contributed by atoms with Crippen LogP contribution in [0.25, 0.3) is 0 Å². The molecular formula is C20H28O9. The zero-order valence-corrected chi connectivity index (χ0v) is 17.0. The Bertz CT molecular complexity index is 658. The van der Waals surface area contributed by atoms with Crippen molar-refractivity contribution in [2.45, 2.75) is 64.5 Å². The first-order chi connectivity index (χ1) is 13.8. The fraction of sp³-hybridized carbons (Fsp3) is 0.600. The van der Waals surface area contributed by atoms with Crippen LogP contribution in [0, 0.1) is 0 Å². The Morgan fingerprint density at radius 2 is 1.79 bits per heavy atom. The molecule has 1 saturated heterocycles. The van der Waals surface area contributed by atoms with E-state index in [-0.39, 0.29) is 13.0 Å². The molecule has 0 aromatic heterocycles. The molecule has 1 aromatic rings. The van der Waals surface area contributed by atoms with Crippen molar-refractivity contribution in [3.63, 3.8) is 0 Å². The third-order valence-electron chi connectivity index (χ3n) is 4.14. The Kier molecular flexibility index (Phi) is 8.69. The third-order valence-corrected chi connectivity index (χ3v) is 4.14. The summed E-state index contributed by atoms with van der Waals surface area (Å²) in [5.74, 6) is 0.189. The summed E-state index contributed by atoms with van der Waals surface area (Å²) in [7, 11) is 1.56. The maximum Gasteiger partial charge on any atom is 0.303 e. The fourth-order valence-corrected chi connectivity index (χ4v) is 3.01. The fourth-order valence-electron chi connectivity index (χ4n) is 3.01. The molecule has 1 aliphatic heterocycles. The minimum absolute atomic E-state index is 0.0235. The van der Waals surface area contributed by atoms with Crippen LogP contribution in [0.1, 0.15) is 33.6 Å². The normalized spacial score (nSPS) is 25.4. The van der Waals surface area contributed by atoms with E-state index in [2.05, 4.69) is 0 Å². The second-order valence-corrected chi connectivity index (χ2v) is 6.70. The van der Waals surface area contributed by atoms with Crippen molar-refractivity contribution in [1.82, 2.24) is 0 Å². The highest BCUT2D eigenvalue weighted by Gasteiger charge is 2.38. The smallest absolute Gasteiger partial charge is 0.303 e. The molecule has 0 aliphatic carbocycles. The van der Waals surface area contributed by atoms with Gasteiger partial charge in [0.25, 0.3) is 0 Å². The number of rotatable bonds is 8. The Labute approximate surface area is 169 Å². The van der Waals surface area contributed by atoms with Gasteiger partial charge in [-0.2, -0.15) is 0 Å². The molecule has 0 spiro atoms. The van der Waals surface area contributed by atoms with E-state index in [0.29, 0.717) is 17.9 Å². The minimum atomic E-state index is -1.02. The van der Waals surface area contributed by atoms with Gasteiger partial charge in [0.05, 0.1) is 19.3 Å². The van der Waals surface area contributed by atoms with Gasteiger partial charge < -0.3 is 33.5 Å². The molecule has 0 bridgehead atoms. The largest absolute Gasteiger partial charge is 0.497 e. The van der Waals surface area contributed by atoms with Crippen molar-refractivity contribution in [3.05, 3.63) is 24.3 Å². The number of esters is 2. The molecule has 0 radical (unpaired) electrons. The topological polar surface area (TPSA) is 110 Å². The molecule has 1 aromatic carbocycles. The second-order valence-electron chi connectivity index (χ2n) is 6.70. The van der Waals surface area contributed by atoms with Crippen LogP contribution >= 0.6 is 0 Å². The van der Waals surface area contributed by atoms with E-state index < -0.39 is 42.8 Å². The van der Waals surface area contributed by atoms with Crippen LogP contribution in [-0.2, 0) is 28.5 Å². The Balaban J connectivity index is 2.22. The van der Waals surface area contributed by atoms with E-state index in [0.717, 1.165) is 0 Å². The van der Waals surface area contributed by atoms with Crippen LogP contribution in [0.3, 0.4) is 0 Å². The first-order valence-corrected chi connectivity index (χ1v) is 9.37. The van der Waals surface area contributed by atoms with Crippen LogP contribution in [0.5, 0.6) is 11.5 Å². The molecule has 0 saturated carbocycles. The van der Waals surface area contributed by atoms with Gasteiger partial charge in [0.2, 0.25) is 6.29 Å². The van der Waals surface area contributed by atoms with Crippen LogP contribution in [0.15, 0.2) is 24.3 Å². The lowest BCUT2D eigenvalue weighted by molar-refractivity contribution is -0.195. The summed E-state index contributed by atoms with van der Waals surface area (Å²) in [6.07, 6.45) is -3.29. The number of hydrogen-bond donors (Lipinski definition) is 1. The van der Waals surface area contributed by atoms with Gasteiger partial charge in [-0.1, -0.05) is 0 Å². The van der Waals surface area contributed by atoms with Crippen molar-refractivity contribution in [2.24, 2.45) is 0 Å². The predicted molar refractivity (Wildman–Crippen MR) is 100 cm³/mol. The van der Waals surface area contributed by atoms with E-state index in [9.17, 15) is 14.7 Å². The highest BCUT2D eigenvalue weighted by molar-refractivity contribution is 5.66. The van der Waals surface area contributed by atoms with Gasteiger partial charge >= 0.3 is 11.9 Å². The molecular weight excluding hydrogens is 384 g/mol. The molecule has 9 nitrogen and oxygen atoms in total. The molecule has 0 amide bonds. The number of aliphatic hydroxyl groups excluding tert-OH is 1. The Morgan fingerprint density at radius 1 is 1.14 bits per heavy atom. The molecule has 2 rings (SSSR count). The number of ether oxygens (including phenoxy) is 6. The molecule has 1 N–H and O–H groups in total. The van der Waals surface area contributed by atoms with Gasteiger partial charge in [0.1, 0.15) is 18.1 Å². The van der Waals surface area contributed by atoms with Crippen LogP contribution in [0.4, 0.5) is 0 Å². The lowest BCUT2D eigenvalue weighted by Gasteiger charge is -2.27. The molecule has 1 heterocycles. The summed E-state index contributed by atoms with van der Waals surface area (Å²) in [4.78, 5) is 22.8. The first kappa shape index (κ1) is 22.9. The van der Waals surface area contributed by atoms with Gasteiger partial charge in [0, 0.05) is 26.7 Å². The number of hydrogen-bond acceptors (Lipinski definition) is 9. The van der Waals surface area contributed by atoms with E-state index in [4.69, 9.17) is 28.4 Å². The van der Waals surface area contributed by atoms with Crippen molar-refractivity contribution in [1.29, 1.82) is 0 Å². The van der Waals surface area contributed by atoms with Crippen LogP contribution < -0.4 is 9.47 Å². The van der Waals surface area contributed by atoms with Gasteiger partial charge in [-0.05, 0) is 31.2 Å². The number of carbonyl (C=O) groups is 2. The van der Waals surface area contributed by atoms with Crippen molar-refractivity contribution >= 4 is 11.9 Å². The Morgan fingerprint density at radius 3 is 2.34 bits per heavy atom. The Hall–Kier alpha value is -2.36. The lowest BCUT2D eigenvalue weighted by Crippen LogP contribution is -2.39. The van der Waals surface area contributed by atoms with Crippen molar-refractivity contribution < 1.29 is 43.1 Å². The minimum Gasteiger partial charge on any atom is -0.497 e. The van der Waals surface area contributed by atoms with Crippen LogP contribution in [0.2, 0.25) is 0 Å². The molecule has 2 unspecified atom stereocenters. The van der Waals surface area contributed by atoms with Gasteiger partial charge in [0.15, 0.2) is 12.4 Å². The summed E-state index contributed by atoms with van der Waals surface area (Å²) in [6.45, 7) is 4.05. The number of carbonyl (C=O) groups excluding carboxylic acids is 2. The summed E-state index contributed by atoms with van der Waals surface area (Å²) < 4.78 is 33.0. The van der Waals surface area contributed by atoms with E-state index >= 15 is 0 Å². The zero-order valence-electron chi connectivity index (χ0n) is 17.0. The molecule has 162 valence electrons. The average molecular weight is 412 g/mol. The van der Waals surface area contributed by atoms with Crippen molar-refractivity contribution in [3.8, 4) is 11.5 Å². The standard InChI is InChI=1S/C20H28O9/c1-12(21)25-11-18-9-17(26-13(2)22)10-19(27-14(3)23)20(29-18)28-16-7-5-15(24-4)6-8-16/h5-8,13,17-20,22H,9-11H2,1-4H3/t13-,17?,18-,19+,20?/m0/s1. The zero-order chi connectivity index (χ0) is 21.4. The SMILES string of the molecule is COc1ccc(OC2O[C@H](COC(C)=O)CC(O[C@@H](C)O)C[C@H]2OC(C)=O)cc1. The average Bonchev–Trinajstić information content (AvgIpc) is 2.79. The first-order valence-electron chi connectivity index (χ1n) is 9.37. The lowest BCUT2D eigenvalue weighted by atomic mass is 10.1. The van der Waals surface area contributed by atoms with E-state index in [1.807, 2.05) is 0 Å². The predicted octanol–water partition coefficient (Wildman–Crippen LogP) is 1.80. The molecule has 5 atom stereocenters. The van der Waals surface area contributed by atoms with Gasteiger partial charge in [-0.25, -0.2) is 0 Å². The molecule has 1 fully saturated rings. The highest BCUT2D eigenvalue weighted by atomic mass is 16.7. The molecule has 9 heteroatoms. The maximum absolute atomic E-state index is 11.6. The molecule has 1 aliphatic rings. The number of aliphatic hydroxyl groups is 1.